The first-order chi connectivity index (χ1) is 11.6. The van der Waals surface area contributed by atoms with Gasteiger partial charge in [0.1, 0.15) is 5.75 Å². The summed E-state index contributed by atoms with van der Waals surface area (Å²) in [6.45, 7) is 0.477. The predicted molar refractivity (Wildman–Crippen MR) is 90.7 cm³/mol. The van der Waals surface area contributed by atoms with E-state index in [1.165, 1.54) is 13.2 Å². The normalized spacial score (nSPS) is 15.8. The minimum absolute atomic E-state index is 0.185. The van der Waals surface area contributed by atoms with Gasteiger partial charge in [0.05, 0.1) is 35.9 Å². The van der Waals surface area contributed by atoms with Crippen molar-refractivity contribution in [3.63, 3.8) is 0 Å². The van der Waals surface area contributed by atoms with Crippen molar-refractivity contribution in [1.82, 2.24) is 0 Å². The van der Waals surface area contributed by atoms with E-state index in [9.17, 15) is 9.59 Å². The molecular weight excluding hydrogens is 330 g/mol. The quantitative estimate of drug-likeness (QED) is 0.863. The van der Waals surface area contributed by atoms with Crippen LogP contribution in [0.2, 0.25) is 5.02 Å². The molecule has 124 valence electrons. The highest BCUT2D eigenvalue weighted by molar-refractivity contribution is 6.34. The molecule has 24 heavy (non-hydrogen) atoms. The van der Waals surface area contributed by atoms with Gasteiger partial charge < -0.3 is 14.8 Å². The Labute approximate surface area is 144 Å². The highest BCUT2D eigenvalue weighted by Gasteiger charge is 2.28. The first kappa shape index (κ1) is 16.3. The summed E-state index contributed by atoms with van der Waals surface area (Å²) >= 11 is 6.14. The number of carbonyl (C=O) groups is 2. The SMILES string of the molecule is COC(=O)c1ccc(Cl)c(NC(=O)C2CCOc3ccccc32)c1. The summed E-state index contributed by atoms with van der Waals surface area (Å²) in [4.78, 5) is 24.3. The van der Waals surface area contributed by atoms with Crippen molar-refractivity contribution < 1.29 is 19.1 Å². The van der Waals surface area contributed by atoms with Crippen molar-refractivity contribution in [2.75, 3.05) is 19.0 Å². The largest absolute Gasteiger partial charge is 0.493 e. The number of benzene rings is 2. The number of amides is 1. The maximum absolute atomic E-state index is 12.7. The van der Waals surface area contributed by atoms with Crippen LogP contribution in [-0.4, -0.2) is 25.6 Å². The Morgan fingerprint density at radius 2 is 2.04 bits per heavy atom. The van der Waals surface area contributed by atoms with Crippen LogP contribution in [-0.2, 0) is 9.53 Å². The minimum Gasteiger partial charge on any atom is -0.493 e. The zero-order valence-electron chi connectivity index (χ0n) is 13.0. The molecule has 1 aliphatic heterocycles. The van der Waals surface area contributed by atoms with Crippen molar-refractivity contribution in [2.45, 2.75) is 12.3 Å². The lowest BCUT2D eigenvalue weighted by atomic mass is 9.92. The summed E-state index contributed by atoms with van der Waals surface area (Å²) < 4.78 is 10.3. The molecule has 0 fully saturated rings. The molecule has 0 bridgehead atoms. The summed E-state index contributed by atoms with van der Waals surface area (Å²) in [7, 11) is 1.30. The zero-order valence-corrected chi connectivity index (χ0v) is 13.8. The van der Waals surface area contributed by atoms with E-state index in [1.807, 2.05) is 24.3 Å². The molecule has 5 nitrogen and oxygen atoms in total. The van der Waals surface area contributed by atoms with Crippen LogP contribution in [0.25, 0.3) is 0 Å². The topological polar surface area (TPSA) is 64.6 Å². The van der Waals surface area contributed by atoms with Crippen LogP contribution in [0.15, 0.2) is 42.5 Å². The maximum atomic E-state index is 12.7. The Hall–Kier alpha value is -2.53. The Morgan fingerprint density at radius 3 is 2.83 bits per heavy atom. The summed E-state index contributed by atoms with van der Waals surface area (Å²) in [6, 6.07) is 12.1. The Kier molecular flexibility index (Phi) is 4.71. The average molecular weight is 346 g/mol. The number of hydrogen-bond donors (Lipinski definition) is 1. The van der Waals surface area contributed by atoms with Gasteiger partial charge in [-0.3, -0.25) is 4.79 Å². The third-order valence-electron chi connectivity index (χ3n) is 3.92. The number of fused-ring (bicyclic) bond motifs is 1. The van der Waals surface area contributed by atoms with Gasteiger partial charge in [-0.25, -0.2) is 4.79 Å². The Morgan fingerprint density at radius 1 is 1.25 bits per heavy atom. The molecule has 0 aliphatic carbocycles. The molecule has 3 rings (SSSR count). The Bertz CT molecular complexity index is 790. The highest BCUT2D eigenvalue weighted by atomic mass is 35.5. The molecule has 2 aromatic rings. The van der Waals surface area contributed by atoms with E-state index < -0.39 is 5.97 Å². The molecule has 0 saturated carbocycles. The van der Waals surface area contributed by atoms with Crippen LogP contribution < -0.4 is 10.1 Å². The van der Waals surface area contributed by atoms with Crippen molar-refractivity contribution in [2.24, 2.45) is 0 Å². The molecule has 0 radical (unpaired) electrons. The van der Waals surface area contributed by atoms with Crippen molar-refractivity contribution in [3.05, 3.63) is 58.6 Å². The molecule has 0 aromatic heterocycles. The number of hydrogen-bond acceptors (Lipinski definition) is 4. The van der Waals surface area contributed by atoms with Gasteiger partial charge in [0, 0.05) is 5.56 Å². The minimum atomic E-state index is -0.487. The fraction of sp³-hybridized carbons (Fsp3) is 0.222. The molecule has 2 aromatic carbocycles. The van der Waals surface area contributed by atoms with Gasteiger partial charge in [-0.1, -0.05) is 29.8 Å². The first-order valence-corrected chi connectivity index (χ1v) is 7.88. The van der Waals surface area contributed by atoms with Crippen molar-refractivity contribution >= 4 is 29.2 Å². The van der Waals surface area contributed by atoms with Gasteiger partial charge in [-0.2, -0.15) is 0 Å². The number of halogens is 1. The number of anilines is 1. The van der Waals surface area contributed by atoms with Crippen molar-refractivity contribution in [3.8, 4) is 5.75 Å². The second-order valence-electron chi connectivity index (χ2n) is 5.40. The molecule has 0 spiro atoms. The lowest BCUT2D eigenvalue weighted by Gasteiger charge is -2.25. The average Bonchev–Trinajstić information content (AvgIpc) is 2.62. The lowest BCUT2D eigenvalue weighted by Crippen LogP contribution is -2.26. The number of esters is 1. The molecule has 1 unspecified atom stereocenters. The van der Waals surface area contributed by atoms with Gasteiger partial charge in [0.25, 0.3) is 0 Å². The molecule has 1 amide bonds. The monoisotopic (exact) mass is 345 g/mol. The fourth-order valence-corrected chi connectivity index (χ4v) is 2.86. The number of para-hydroxylation sites is 1. The van der Waals surface area contributed by atoms with Gasteiger partial charge >= 0.3 is 5.97 Å². The summed E-state index contributed by atoms with van der Waals surface area (Å²) in [6.07, 6.45) is 0.581. The van der Waals surface area contributed by atoms with Crippen molar-refractivity contribution in [1.29, 1.82) is 0 Å². The number of ether oxygens (including phenoxy) is 2. The first-order valence-electron chi connectivity index (χ1n) is 7.50. The van der Waals surface area contributed by atoms with E-state index in [0.29, 0.717) is 29.3 Å². The molecule has 1 atom stereocenters. The molecular formula is C18H16ClNO4. The summed E-state index contributed by atoms with van der Waals surface area (Å²) in [5, 5.41) is 3.16. The van der Waals surface area contributed by atoms with Gasteiger partial charge in [0.2, 0.25) is 5.91 Å². The smallest absolute Gasteiger partial charge is 0.337 e. The molecule has 1 N–H and O–H groups in total. The second-order valence-corrected chi connectivity index (χ2v) is 5.81. The molecule has 1 heterocycles. The van der Waals surface area contributed by atoms with E-state index in [-0.39, 0.29) is 11.8 Å². The van der Waals surface area contributed by atoms with E-state index in [2.05, 4.69) is 10.1 Å². The fourth-order valence-electron chi connectivity index (χ4n) is 2.70. The van der Waals surface area contributed by atoms with Gasteiger partial charge in [-0.05, 0) is 30.7 Å². The van der Waals surface area contributed by atoms with E-state index >= 15 is 0 Å². The van der Waals surface area contributed by atoms with Crippen LogP contribution >= 0.6 is 11.6 Å². The number of methoxy groups -OCH3 is 1. The number of carbonyl (C=O) groups excluding carboxylic acids is 2. The standard InChI is InChI=1S/C18H16ClNO4/c1-23-18(22)11-6-7-14(19)15(10-11)20-17(21)13-8-9-24-16-5-3-2-4-12(13)16/h2-7,10,13H,8-9H2,1H3,(H,20,21). The molecule has 0 saturated heterocycles. The van der Waals surface area contributed by atoms with Crippen LogP contribution in [0.4, 0.5) is 5.69 Å². The third-order valence-corrected chi connectivity index (χ3v) is 4.25. The zero-order chi connectivity index (χ0) is 17.1. The predicted octanol–water partition coefficient (Wildman–Crippen LogP) is 3.63. The maximum Gasteiger partial charge on any atom is 0.337 e. The van der Waals surface area contributed by atoms with Crippen LogP contribution in [0, 0.1) is 0 Å². The van der Waals surface area contributed by atoms with E-state index in [4.69, 9.17) is 16.3 Å². The van der Waals surface area contributed by atoms with Crippen LogP contribution in [0.3, 0.4) is 0 Å². The number of rotatable bonds is 3. The molecule has 1 aliphatic rings. The van der Waals surface area contributed by atoms with Crippen LogP contribution in [0.1, 0.15) is 28.3 Å². The third kappa shape index (κ3) is 3.21. The molecule has 6 heteroatoms. The summed E-state index contributed by atoms with van der Waals surface area (Å²) in [5.41, 5.74) is 1.56. The second kappa shape index (κ2) is 6.93. The highest BCUT2D eigenvalue weighted by Crippen LogP contribution is 2.34. The Balaban J connectivity index is 1.85. The lowest BCUT2D eigenvalue weighted by molar-refractivity contribution is -0.118. The van der Waals surface area contributed by atoms with E-state index in [1.54, 1.807) is 12.1 Å². The summed E-state index contributed by atoms with van der Waals surface area (Å²) in [5.74, 6) is -0.278. The van der Waals surface area contributed by atoms with Gasteiger partial charge in [-0.15, -0.1) is 0 Å². The van der Waals surface area contributed by atoms with E-state index in [0.717, 1.165) is 11.3 Å². The number of nitrogens with one attached hydrogen (secondary N) is 1. The van der Waals surface area contributed by atoms with Crippen LogP contribution in [0.5, 0.6) is 5.75 Å². The van der Waals surface area contributed by atoms with Gasteiger partial charge in [0.15, 0.2) is 0 Å².